The number of hydrogen-bond donors (Lipinski definition) is 1. The van der Waals surface area contributed by atoms with Gasteiger partial charge in [0.2, 0.25) is 5.91 Å². The molecule has 0 bridgehead atoms. The molecular weight excluding hydrogens is 374 g/mol. The number of hydrogen-bond acceptors (Lipinski definition) is 5. The molecule has 1 unspecified atom stereocenters. The number of rotatable bonds is 10. The van der Waals surface area contributed by atoms with Crippen LogP contribution in [0.25, 0.3) is 0 Å². The molecule has 6 heteroatoms. The molecule has 148 valence electrons. The van der Waals surface area contributed by atoms with Crippen LogP contribution in [0.4, 0.5) is 0 Å². The summed E-state index contributed by atoms with van der Waals surface area (Å²) in [5.74, 6) is -0.762. The normalized spacial score (nSPS) is 11.5. The van der Waals surface area contributed by atoms with Crippen molar-refractivity contribution in [1.82, 2.24) is 5.32 Å². The topological polar surface area (TPSA) is 72.5 Å². The molecule has 0 fully saturated rings. The molecule has 5 nitrogen and oxygen atoms in total. The summed E-state index contributed by atoms with van der Waals surface area (Å²) < 4.78 is 5.18. The van der Waals surface area contributed by atoms with Crippen LogP contribution in [0.1, 0.15) is 24.5 Å². The Morgan fingerprint density at radius 3 is 2.18 bits per heavy atom. The summed E-state index contributed by atoms with van der Waals surface area (Å²) in [4.78, 5) is 36.1. The van der Waals surface area contributed by atoms with E-state index < -0.39 is 11.9 Å². The fraction of sp³-hybridized carbons (Fsp3) is 0.318. The lowest BCUT2D eigenvalue weighted by Gasteiger charge is -2.16. The molecule has 0 heterocycles. The Kier molecular flexibility index (Phi) is 9.28. The molecule has 2 rings (SSSR count). The van der Waals surface area contributed by atoms with Crippen molar-refractivity contribution < 1.29 is 19.1 Å². The Morgan fingerprint density at radius 1 is 0.964 bits per heavy atom. The zero-order valence-electron chi connectivity index (χ0n) is 15.9. The van der Waals surface area contributed by atoms with Crippen LogP contribution < -0.4 is 5.32 Å². The van der Waals surface area contributed by atoms with Crippen LogP contribution >= 0.6 is 11.8 Å². The molecule has 2 aromatic rings. The molecule has 0 aromatic heterocycles. The monoisotopic (exact) mass is 399 g/mol. The van der Waals surface area contributed by atoms with Gasteiger partial charge in [0, 0.05) is 12.2 Å². The van der Waals surface area contributed by atoms with E-state index in [0.29, 0.717) is 18.6 Å². The number of carbonyl (C=O) groups excluding carboxylic acids is 3. The Balaban J connectivity index is 1.85. The van der Waals surface area contributed by atoms with Gasteiger partial charge in [-0.2, -0.15) is 0 Å². The Labute approximate surface area is 169 Å². The van der Waals surface area contributed by atoms with Crippen molar-refractivity contribution in [1.29, 1.82) is 0 Å². The van der Waals surface area contributed by atoms with Gasteiger partial charge in [-0.1, -0.05) is 79.3 Å². The van der Waals surface area contributed by atoms with Crippen LogP contribution in [-0.4, -0.2) is 29.3 Å². The lowest BCUT2D eigenvalue weighted by Crippen LogP contribution is -2.37. The first-order valence-corrected chi connectivity index (χ1v) is 10.2. The minimum atomic E-state index is -0.493. The average Bonchev–Trinajstić information content (AvgIpc) is 2.74. The van der Waals surface area contributed by atoms with Gasteiger partial charge in [-0.25, -0.2) is 0 Å². The summed E-state index contributed by atoms with van der Waals surface area (Å²) in [5, 5.41) is 2.69. The Hall–Kier alpha value is -2.60. The molecular formula is C22H25NO4S. The number of amides is 1. The summed E-state index contributed by atoms with van der Waals surface area (Å²) in [6.07, 6.45) is 0.936. The maximum atomic E-state index is 12.6. The number of thioether (sulfide) groups is 1. The van der Waals surface area contributed by atoms with Crippen molar-refractivity contribution in [3.05, 3.63) is 71.8 Å². The highest BCUT2D eigenvalue weighted by Crippen LogP contribution is 2.17. The molecule has 0 aliphatic heterocycles. The van der Waals surface area contributed by atoms with Crippen LogP contribution in [-0.2, 0) is 32.1 Å². The van der Waals surface area contributed by atoms with Crippen molar-refractivity contribution >= 4 is 28.8 Å². The van der Waals surface area contributed by atoms with Crippen LogP contribution in [0.3, 0.4) is 0 Å². The van der Waals surface area contributed by atoms with Crippen LogP contribution in [0.5, 0.6) is 0 Å². The maximum absolute atomic E-state index is 12.6. The predicted octanol–water partition coefficient (Wildman–Crippen LogP) is 3.37. The van der Waals surface area contributed by atoms with Crippen molar-refractivity contribution in [2.75, 3.05) is 12.3 Å². The summed E-state index contributed by atoms with van der Waals surface area (Å²) in [6.45, 7) is 1.78. The van der Waals surface area contributed by atoms with E-state index in [1.54, 1.807) is 6.92 Å². The SMILES string of the molecule is CCC(=O)SCC(Cc1ccccc1)C(=O)NCC(=O)OCc1ccccc1. The molecule has 28 heavy (non-hydrogen) atoms. The van der Waals surface area contributed by atoms with Gasteiger partial charge >= 0.3 is 5.97 Å². The standard InChI is InChI=1S/C22H25NO4S/c1-2-21(25)28-16-19(13-17-9-5-3-6-10-17)22(26)23-14-20(24)27-15-18-11-7-4-8-12-18/h3-12,19H,2,13-16H2,1H3,(H,23,26). The highest BCUT2D eigenvalue weighted by atomic mass is 32.2. The summed E-state index contributed by atoms with van der Waals surface area (Å²) in [7, 11) is 0. The number of benzene rings is 2. The van der Waals surface area contributed by atoms with Crippen LogP contribution in [0, 0.1) is 5.92 Å². The first-order valence-electron chi connectivity index (χ1n) is 9.25. The zero-order chi connectivity index (χ0) is 20.2. The second kappa shape index (κ2) is 12.0. The summed E-state index contributed by atoms with van der Waals surface area (Å²) in [6, 6.07) is 19.0. The van der Waals surface area contributed by atoms with E-state index in [2.05, 4.69) is 5.32 Å². The molecule has 1 N–H and O–H groups in total. The third kappa shape index (κ3) is 7.96. The van der Waals surface area contributed by atoms with Gasteiger partial charge in [-0.3, -0.25) is 14.4 Å². The summed E-state index contributed by atoms with van der Waals surface area (Å²) >= 11 is 1.16. The van der Waals surface area contributed by atoms with Crippen molar-refractivity contribution in [2.45, 2.75) is 26.4 Å². The number of carbonyl (C=O) groups is 3. The first kappa shape index (κ1) is 21.7. The number of esters is 1. The van der Waals surface area contributed by atoms with Gasteiger partial charge in [-0.15, -0.1) is 0 Å². The third-order valence-corrected chi connectivity index (χ3v) is 5.26. The number of ether oxygens (including phenoxy) is 1. The van der Waals surface area contributed by atoms with Crippen molar-refractivity contribution in [2.24, 2.45) is 5.92 Å². The lowest BCUT2D eigenvalue weighted by molar-refractivity contribution is -0.145. The molecule has 0 spiro atoms. The van der Waals surface area contributed by atoms with Gasteiger partial charge in [0.15, 0.2) is 5.12 Å². The predicted molar refractivity (Wildman–Crippen MR) is 111 cm³/mol. The molecule has 1 amide bonds. The van der Waals surface area contributed by atoms with E-state index in [-0.39, 0.29) is 24.2 Å². The van der Waals surface area contributed by atoms with E-state index in [0.717, 1.165) is 22.9 Å². The summed E-state index contributed by atoms with van der Waals surface area (Å²) in [5.41, 5.74) is 1.90. The van der Waals surface area contributed by atoms with E-state index in [1.807, 2.05) is 60.7 Å². The molecule has 0 saturated carbocycles. The minimum Gasteiger partial charge on any atom is -0.460 e. The molecule has 0 aliphatic carbocycles. The zero-order valence-corrected chi connectivity index (χ0v) is 16.7. The van der Waals surface area contributed by atoms with Gasteiger partial charge in [0.25, 0.3) is 0 Å². The Morgan fingerprint density at radius 2 is 1.57 bits per heavy atom. The second-order valence-electron chi connectivity index (χ2n) is 6.29. The van der Waals surface area contributed by atoms with E-state index in [9.17, 15) is 14.4 Å². The third-order valence-electron chi connectivity index (χ3n) is 4.08. The van der Waals surface area contributed by atoms with Crippen molar-refractivity contribution in [3.8, 4) is 0 Å². The molecule has 2 aromatic carbocycles. The fourth-order valence-electron chi connectivity index (χ4n) is 2.51. The van der Waals surface area contributed by atoms with Gasteiger partial charge in [-0.05, 0) is 17.5 Å². The highest BCUT2D eigenvalue weighted by Gasteiger charge is 2.21. The van der Waals surface area contributed by atoms with Gasteiger partial charge in [0.05, 0.1) is 5.92 Å². The van der Waals surface area contributed by atoms with Gasteiger partial charge in [0.1, 0.15) is 13.2 Å². The van der Waals surface area contributed by atoms with Crippen molar-refractivity contribution in [3.63, 3.8) is 0 Å². The number of nitrogens with one attached hydrogen (secondary N) is 1. The van der Waals surface area contributed by atoms with Gasteiger partial charge < -0.3 is 10.1 Å². The average molecular weight is 400 g/mol. The minimum absolute atomic E-state index is 0.0492. The fourth-order valence-corrected chi connectivity index (χ4v) is 3.37. The lowest BCUT2D eigenvalue weighted by atomic mass is 10.0. The van der Waals surface area contributed by atoms with Crippen LogP contribution in [0.2, 0.25) is 0 Å². The Bertz CT molecular complexity index is 765. The van der Waals surface area contributed by atoms with E-state index in [4.69, 9.17) is 4.74 Å². The molecule has 0 saturated heterocycles. The van der Waals surface area contributed by atoms with E-state index >= 15 is 0 Å². The van der Waals surface area contributed by atoms with Crippen LogP contribution in [0.15, 0.2) is 60.7 Å². The highest BCUT2D eigenvalue weighted by molar-refractivity contribution is 8.13. The second-order valence-corrected chi connectivity index (χ2v) is 7.36. The first-order chi connectivity index (χ1) is 13.6. The smallest absolute Gasteiger partial charge is 0.325 e. The largest absolute Gasteiger partial charge is 0.460 e. The van der Waals surface area contributed by atoms with E-state index in [1.165, 1.54) is 0 Å². The molecule has 0 aliphatic rings. The molecule has 0 radical (unpaired) electrons. The molecule has 1 atom stereocenters. The quantitative estimate of drug-likeness (QED) is 0.620. The maximum Gasteiger partial charge on any atom is 0.325 e.